The summed E-state index contributed by atoms with van der Waals surface area (Å²) in [6, 6.07) is 7.82. The molecule has 4 heteroatoms. The van der Waals surface area contributed by atoms with Crippen LogP contribution in [0.25, 0.3) is 0 Å². The summed E-state index contributed by atoms with van der Waals surface area (Å²) in [5.41, 5.74) is 7.54. The number of amides is 1. The Bertz CT molecular complexity index is 405. The summed E-state index contributed by atoms with van der Waals surface area (Å²) < 4.78 is 5.24. The number of nitrogens with zero attached hydrogens (tertiary/aromatic N) is 1. The SMILES string of the molecule is CCOCCC(=O)N(Cc1cccc(N)c1)C(C)C. The molecule has 0 aliphatic heterocycles. The summed E-state index contributed by atoms with van der Waals surface area (Å²) >= 11 is 0. The van der Waals surface area contributed by atoms with Crippen molar-refractivity contribution in [3.8, 4) is 0 Å². The maximum atomic E-state index is 12.2. The number of anilines is 1. The van der Waals surface area contributed by atoms with Crippen LogP contribution < -0.4 is 5.73 Å². The molecule has 19 heavy (non-hydrogen) atoms. The number of nitrogen functional groups attached to an aromatic ring is 1. The Balaban J connectivity index is 2.64. The highest BCUT2D eigenvalue weighted by atomic mass is 16.5. The smallest absolute Gasteiger partial charge is 0.225 e. The van der Waals surface area contributed by atoms with Gasteiger partial charge < -0.3 is 15.4 Å². The predicted molar refractivity (Wildman–Crippen MR) is 77.7 cm³/mol. The van der Waals surface area contributed by atoms with Crippen LogP contribution in [0, 0.1) is 0 Å². The highest BCUT2D eigenvalue weighted by Gasteiger charge is 2.16. The molecule has 0 radical (unpaired) electrons. The number of hydrogen-bond donors (Lipinski definition) is 1. The highest BCUT2D eigenvalue weighted by molar-refractivity contribution is 5.76. The van der Waals surface area contributed by atoms with Gasteiger partial charge in [0.1, 0.15) is 0 Å². The van der Waals surface area contributed by atoms with Gasteiger partial charge in [-0.25, -0.2) is 0 Å². The first-order chi connectivity index (χ1) is 9.04. The molecule has 0 spiro atoms. The zero-order valence-corrected chi connectivity index (χ0v) is 12.1. The molecule has 1 aromatic carbocycles. The van der Waals surface area contributed by atoms with Crippen molar-refractivity contribution in [2.24, 2.45) is 0 Å². The Morgan fingerprint density at radius 2 is 2.16 bits per heavy atom. The molecule has 1 rings (SSSR count). The topological polar surface area (TPSA) is 55.6 Å². The molecule has 0 atom stereocenters. The standard InChI is InChI=1S/C15H24N2O2/c1-4-19-9-8-15(18)17(12(2)3)11-13-6-5-7-14(16)10-13/h5-7,10,12H,4,8-9,11,16H2,1-3H3. The van der Waals surface area contributed by atoms with E-state index in [0.29, 0.717) is 26.2 Å². The predicted octanol–water partition coefficient (Wildman–Crippen LogP) is 2.43. The van der Waals surface area contributed by atoms with Crippen LogP contribution in [0.3, 0.4) is 0 Å². The molecule has 0 heterocycles. The number of ether oxygens (including phenoxy) is 1. The van der Waals surface area contributed by atoms with Gasteiger partial charge in [-0.1, -0.05) is 12.1 Å². The Morgan fingerprint density at radius 3 is 2.74 bits per heavy atom. The summed E-state index contributed by atoms with van der Waals surface area (Å²) in [4.78, 5) is 14.0. The normalized spacial score (nSPS) is 10.7. The van der Waals surface area contributed by atoms with Crippen molar-refractivity contribution in [1.82, 2.24) is 4.90 Å². The van der Waals surface area contributed by atoms with Gasteiger partial charge in [-0.2, -0.15) is 0 Å². The van der Waals surface area contributed by atoms with Gasteiger partial charge in [-0.3, -0.25) is 4.79 Å². The van der Waals surface area contributed by atoms with E-state index in [1.54, 1.807) is 0 Å². The summed E-state index contributed by atoms with van der Waals surface area (Å²) in [6.07, 6.45) is 0.425. The van der Waals surface area contributed by atoms with Crippen LogP contribution in [-0.2, 0) is 16.1 Å². The number of hydrogen-bond acceptors (Lipinski definition) is 3. The van der Waals surface area contributed by atoms with Gasteiger partial charge in [0.2, 0.25) is 5.91 Å². The van der Waals surface area contributed by atoms with E-state index in [-0.39, 0.29) is 11.9 Å². The van der Waals surface area contributed by atoms with Gasteiger partial charge in [0, 0.05) is 24.9 Å². The molecule has 4 nitrogen and oxygen atoms in total. The highest BCUT2D eigenvalue weighted by Crippen LogP contribution is 2.13. The van der Waals surface area contributed by atoms with Crippen molar-refractivity contribution in [2.45, 2.75) is 39.8 Å². The fourth-order valence-electron chi connectivity index (χ4n) is 1.89. The quantitative estimate of drug-likeness (QED) is 0.608. The lowest BCUT2D eigenvalue weighted by atomic mass is 10.1. The lowest BCUT2D eigenvalue weighted by Gasteiger charge is -2.27. The molecular weight excluding hydrogens is 240 g/mol. The lowest BCUT2D eigenvalue weighted by Crippen LogP contribution is -2.36. The Morgan fingerprint density at radius 1 is 1.42 bits per heavy atom. The van der Waals surface area contributed by atoms with Crippen molar-refractivity contribution in [1.29, 1.82) is 0 Å². The van der Waals surface area contributed by atoms with E-state index in [0.717, 1.165) is 11.3 Å². The Labute approximate surface area is 115 Å². The molecule has 0 bridgehead atoms. The number of carbonyl (C=O) groups is 1. The Kier molecular flexibility index (Phi) is 6.36. The van der Waals surface area contributed by atoms with Crippen molar-refractivity contribution >= 4 is 11.6 Å². The molecule has 0 aliphatic rings. The molecule has 0 aromatic heterocycles. The van der Waals surface area contributed by atoms with Crippen LogP contribution in [-0.4, -0.2) is 30.1 Å². The van der Waals surface area contributed by atoms with Gasteiger partial charge in [-0.15, -0.1) is 0 Å². The second-order valence-electron chi connectivity index (χ2n) is 4.81. The van der Waals surface area contributed by atoms with E-state index in [4.69, 9.17) is 10.5 Å². The number of rotatable bonds is 7. The van der Waals surface area contributed by atoms with Gasteiger partial charge in [0.15, 0.2) is 0 Å². The van der Waals surface area contributed by atoms with Crippen LogP contribution in [0.1, 0.15) is 32.8 Å². The van der Waals surface area contributed by atoms with E-state index in [9.17, 15) is 4.79 Å². The lowest BCUT2D eigenvalue weighted by molar-refractivity contribution is -0.134. The largest absolute Gasteiger partial charge is 0.399 e. The molecule has 1 aromatic rings. The molecule has 0 saturated carbocycles. The van der Waals surface area contributed by atoms with Gasteiger partial charge in [0.05, 0.1) is 13.0 Å². The van der Waals surface area contributed by atoms with Crippen molar-refractivity contribution in [2.75, 3.05) is 18.9 Å². The van der Waals surface area contributed by atoms with Gasteiger partial charge >= 0.3 is 0 Å². The van der Waals surface area contributed by atoms with E-state index < -0.39 is 0 Å². The number of nitrogens with two attached hydrogens (primary N) is 1. The van der Waals surface area contributed by atoms with Gasteiger partial charge in [0.25, 0.3) is 0 Å². The maximum Gasteiger partial charge on any atom is 0.225 e. The second kappa shape index (κ2) is 7.79. The molecule has 1 amide bonds. The minimum atomic E-state index is 0.117. The zero-order chi connectivity index (χ0) is 14.3. The first-order valence-corrected chi connectivity index (χ1v) is 6.76. The van der Waals surface area contributed by atoms with Crippen molar-refractivity contribution in [3.63, 3.8) is 0 Å². The van der Waals surface area contributed by atoms with Crippen molar-refractivity contribution in [3.05, 3.63) is 29.8 Å². The van der Waals surface area contributed by atoms with Crippen molar-refractivity contribution < 1.29 is 9.53 Å². The van der Waals surface area contributed by atoms with Crippen LogP contribution >= 0.6 is 0 Å². The average molecular weight is 264 g/mol. The zero-order valence-electron chi connectivity index (χ0n) is 12.1. The summed E-state index contributed by atoms with van der Waals surface area (Å²) in [5.74, 6) is 0.117. The fraction of sp³-hybridized carbons (Fsp3) is 0.533. The molecule has 2 N–H and O–H groups in total. The van der Waals surface area contributed by atoms with Crippen LogP contribution in [0.5, 0.6) is 0 Å². The molecule has 0 fully saturated rings. The average Bonchev–Trinajstić information content (AvgIpc) is 2.36. The van der Waals surface area contributed by atoms with Gasteiger partial charge in [-0.05, 0) is 38.5 Å². The number of carbonyl (C=O) groups excluding carboxylic acids is 1. The van der Waals surface area contributed by atoms with Crippen LogP contribution in [0.2, 0.25) is 0 Å². The third kappa shape index (κ3) is 5.30. The summed E-state index contributed by atoms with van der Waals surface area (Å²) in [5, 5.41) is 0. The van der Waals surface area contributed by atoms with Crippen LogP contribution in [0.4, 0.5) is 5.69 Å². The van der Waals surface area contributed by atoms with E-state index in [1.807, 2.05) is 49.9 Å². The minimum absolute atomic E-state index is 0.117. The molecule has 0 saturated heterocycles. The molecule has 0 aliphatic carbocycles. The monoisotopic (exact) mass is 264 g/mol. The fourth-order valence-corrected chi connectivity index (χ4v) is 1.89. The second-order valence-corrected chi connectivity index (χ2v) is 4.81. The third-order valence-corrected chi connectivity index (χ3v) is 2.91. The molecule has 106 valence electrons. The third-order valence-electron chi connectivity index (χ3n) is 2.91. The number of benzene rings is 1. The van der Waals surface area contributed by atoms with E-state index in [2.05, 4.69) is 0 Å². The first kappa shape index (κ1) is 15.5. The van der Waals surface area contributed by atoms with E-state index in [1.165, 1.54) is 0 Å². The minimum Gasteiger partial charge on any atom is -0.399 e. The maximum absolute atomic E-state index is 12.2. The van der Waals surface area contributed by atoms with E-state index >= 15 is 0 Å². The first-order valence-electron chi connectivity index (χ1n) is 6.76. The summed E-state index contributed by atoms with van der Waals surface area (Å²) in [7, 11) is 0. The molecular formula is C15H24N2O2. The molecule has 0 unspecified atom stereocenters. The van der Waals surface area contributed by atoms with Crippen LogP contribution in [0.15, 0.2) is 24.3 Å². The summed E-state index contributed by atoms with van der Waals surface area (Å²) in [6.45, 7) is 7.68. The Hall–Kier alpha value is -1.55.